The van der Waals surface area contributed by atoms with Gasteiger partial charge in [0, 0.05) is 4.47 Å². The summed E-state index contributed by atoms with van der Waals surface area (Å²) in [6.45, 7) is 0. The Kier molecular flexibility index (Phi) is 5.09. The smallest absolute Gasteiger partial charge is 0.389 e. The zero-order valence-electron chi connectivity index (χ0n) is 9.85. The molecule has 1 atom stereocenters. The standard InChI is InChI=1S/C8H4BrF6NO4S2/c9-5-1-3-6(4-2-5)20-22(19,8(13,14)15)16-21(17,18)7(10,11)12/h1-4H. The van der Waals surface area contributed by atoms with Crippen molar-refractivity contribution in [1.29, 1.82) is 0 Å². The Balaban J connectivity index is 3.47. The molecule has 1 rings (SSSR count). The lowest BCUT2D eigenvalue weighted by atomic mass is 10.3. The molecule has 0 radical (unpaired) electrons. The van der Waals surface area contributed by atoms with Crippen molar-refractivity contribution in [2.24, 2.45) is 3.77 Å². The van der Waals surface area contributed by atoms with Gasteiger partial charge < -0.3 is 4.18 Å². The average molecular weight is 436 g/mol. The maximum atomic E-state index is 12.7. The van der Waals surface area contributed by atoms with Gasteiger partial charge in [-0.2, -0.15) is 39.0 Å². The van der Waals surface area contributed by atoms with Crippen molar-refractivity contribution in [1.82, 2.24) is 0 Å². The molecular formula is C8H4BrF6NO4S2. The summed E-state index contributed by atoms with van der Waals surface area (Å²) in [5, 5.41) is 0. The fourth-order valence-electron chi connectivity index (χ4n) is 0.897. The van der Waals surface area contributed by atoms with Crippen LogP contribution in [0.5, 0.6) is 5.75 Å². The Bertz CT molecular complexity index is 761. The predicted octanol–water partition coefficient (Wildman–Crippen LogP) is 3.58. The van der Waals surface area contributed by atoms with E-state index in [1.165, 1.54) is 3.77 Å². The summed E-state index contributed by atoms with van der Waals surface area (Å²) in [5.41, 5.74) is -12.1. The normalized spacial score (nSPS) is 16.0. The van der Waals surface area contributed by atoms with Crippen molar-refractivity contribution in [3.05, 3.63) is 28.7 Å². The van der Waals surface area contributed by atoms with E-state index >= 15 is 0 Å². The highest BCUT2D eigenvalue weighted by Crippen LogP contribution is 2.34. The van der Waals surface area contributed by atoms with Crippen molar-refractivity contribution in [2.45, 2.75) is 11.0 Å². The highest BCUT2D eigenvalue weighted by molar-refractivity contribution is 9.10. The fourth-order valence-corrected chi connectivity index (χ4v) is 3.46. The van der Waals surface area contributed by atoms with Crippen LogP contribution < -0.4 is 4.18 Å². The molecule has 126 valence electrons. The molecule has 0 N–H and O–H groups in total. The molecule has 0 heterocycles. The summed E-state index contributed by atoms with van der Waals surface area (Å²) >= 11 is 2.92. The molecule has 22 heavy (non-hydrogen) atoms. The van der Waals surface area contributed by atoms with Gasteiger partial charge in [0.2, 0.25) is 0 Å². The fraction of sp³-hybridized carbons (Fsp3) is 0.250. The molecule has 0 aromatic heterocycles. The molecule has 0 saturated heterocycles. The highest BCUT2D eigenvalue weighted by atomic mass is 79.9. The highest BCUT2D eigenvalue weighted by Gasteiger charge is 2.53. The lowest BCUT2D eigenvalue weighted by Crippen LogP contribution is -2.32. The van der Waals surface area contributed by atoms with E-state index in [9.17, 15) is 39.0 Å². The maximum absolute atomic E-state index is 12.7. The minimum absolute atomic E-state index is 0.373. The van der Waals surface area contributed by atoms with Crippen LogP contribution in [0.4, 0.5) is 26.3 Å². The molecule has 0 saturated carbocycles. The van der Waals surface area contributed by atoms with Crippen LogP contribution in [0.2, 0.25) is 0 Å². The summed E-state index contributed by atoms with van der Waals surface area (Å²) < 4.78 is 113. The molecule has 5 nitrogen and oxygen atoms in total. The average Bonchev–Trinajstić information content (AvgIpc) is 2.28. The van der Waals surface area contributed by atoms with Gasteiger partial charge >= 0.3 is 31.0 Å². The number of hydrogen-bond donors (Lipinski definition) is 0. The Labute approximate surface area is 128 Å². The van der Waals surface area contributed by atoms with Crippen LogP contribution >= 0.6 is 15.9 Å². The van der Waals surface area contributed by atoms with Crippen LogP contribution in [0, 0.1) is 0 Å². The molecule has 0 spiro atoms. The van der Waals surface area contributed by atoms with E-state index in [0.29, 0.717) is 4.47 Å². The van der Waals surface area contributed by atoms with Crippen LogP contribution in [0.1, 0.15) is 0 Å². The van der Waals surface area contributed by atoms with Crippen molar-refractivity contribution in [3.63, 3.8) is 0 Å². The second kappa shape index (κ2) is 5.88. The van der Waals surface area contributed by atoms with Gasteiger partial charge in [0.25, 0.3) is 0 Å². The molecule has 0 aliphatic rings. The predicted molar refractivity (Wildman–Crippen MR) is 66.4 cm³/mol. The lowest BCUT2D eigenvalue weighted by Gasteiger charge is -2.14. The molecule has 1 aromatic carbocycles. The Morgan fingerprint density at radius 1 is 0.909 bits per heavy atom. The second-order valence-corrected chi connectivity index (χ2v) is 7.96. The third-order valence-corrected chi connectivity index (χ3v) is 5.49. The monoisotopic (exact) mass is 435 g/mol. The SMILES string of the molecule is O=S(=O)(N=S(=O)(Oc1ccc(Br)cc1)C(F)(F)F)C(F)(F)F. The van der Waals surface area contributed by atoms with Crippen LogP contribution in [0.15, 0.2) is 32.5 Å². The number of benzene rings is 1. The quantitative estimate of drug-likeness (QED) is 0.680. The molecule has 0 aliphatic heterocycles. The summed E-state index contributed by atoms with van der Waals surface area (Å²) in [5.74, 6) is -0.786. The van der Waals surface area contributed by atoms with Crippen molar-refractivity contribution in [2.75, 3.05) is 0 Å². The number of halogens is 7. The van der Waals surface area contributed by atoms with Gasteiger partial charge in [-0.05, 0) is 24.3 Å². The van der Waals surface area contributed by atoms with E-state index in [4.69, 9.17) is 0 Å². The minimum atomic E-state index is -6.67. The number of sulfonamides is 1. The minimum Gasteiger partial charge on any atom is -0.389 e. The first-order chi connectivity index (χ1) is 9.68. The summed E-state index contributed by atoms with van der Waals surface area (Å²) in [6, 6.07) is 3.91. The third kappa shape index (κ3) is 4.25. The van der Waals surface area contributed by atoms with Crippen LogP contribution in [-0.4, -0.2) is 23.6 Å². The third-order valence-electron chi connectivity index (χ3n) is 1.80. The first-order valence-electron chi connectivity index (χ1n) is 4.79. The second-order valence-electron chi connectivity index (χ2n) is 3.45. The van der Waals surface area contributed by atoms with Gasteiger partial charge in [-0.3, -0.25) is 0 Å². The molecule has 1 unspecified atom stereocenters. The number of rotatable bonds is 3. The first kappa shape index (κ1) is 19.0. The maximum Gasteiger partial charge on any atom is 0.519 e. The molecule has 0 amide bonds. The molecule has 0 fully saturated rings. The molecule has 0 bridgehead atoms. The Morgan fingerprint density at radius 3 is 1.73 bits per heavy atom. The topological polar surface area (TPSA) is 72.8 Å². The molecule has 14 heteroatoms. The van der Waals surface area contributed by atoms with Gasteiger partial charge in [-0.1, -0.05) is 19.7 Å². The van der Waals surface area contributed by atoms with Crippen LogP contribution in [-0.2, 0) is 20.0 Å². The summed E-state index contributed by atoms with van der Waals surface area (Å²) in [4.78, 5) is 0. The van der Waals surface area contributed by atoms with E-state index < -0.39 is 36.8 Å². The van der Waals surface area contributed by atoms with Crippen molar-refractivity contribution < 1.29 is 43.2 Å². The Hall–Kier alpha value is -1.02. The molecule has 1 aromatic rings. The number of nitrogens with zero attached hydrogens (tertiary/aromatic N) is 1. The summed E-state index contributed by atoms with van der Waals surface area (Å²) in [6.07, 6.45) is 0. The molecular weight excluding hydrogens is 432 g/mol. The lowest BCUT2D eigenvalue weighted by molar-refractivity contribution is -0.0470. The van der Waals surface area contributed by atoms with E-state index in [1.54, 1.807) is 0 Å². The Morgan fingerprint density at radius 2 is 1.36 bits per heavy atom. The number of hydrogen-bond acceptors (Lipinski definition) is 4. The van der Waals surface area contributed by atoms with E-state index in [0.717, 1.165) is 24.3 Å². The van der Waals surface area contributed by atoms with Gasteiger partial charge in [0.15, 0.2) is 0 Å². The molecule has 0 aliphatic carbocycles. The van der Waals surface area contributed by atoms with Gasteiger partial charge in [-0.25, -0.2) is 0 Å². The first-order valence-corrected chi connectivity index (χ1v) is 8.46. The van der Waals surface area contributed by atoms with E-state index in [1.807, 2.05) is 0 Å². The largest absolute Gasteiger partial charge is 0.519 e. The van der Waals surface area contributed by atoms with Crippen molar-refractivity contribution in [3.8, 4) is 5.75 Å². The van der Waals surface area contributed by atoms with Crippen LogP contribution in [0.25, 0.3) is 0 Å². The summed E-state index contributed by atoms with van der Waals surface area (Å²) in [7, 11) is -12.9. The van der Waals surface area contributed by atoms with E-state index in [2.05, 4.69) is 20.1 Å². The zero-order chi connectivity index (χ0) is 17.4. The van der Waals surface area contributed by atoms with Crippen LogP contribution in [0.3, 0.4) is 0 Å². The van der Waals surface area contributed by atoms with Gasteiger partial charge in [-0.15, -0.1) is 0 Å². The van der Waals surface area contributed by atoms with Gasteiger partial charge in [0.05, 0.1) is 0 Å². The van der Waals surface area contributed by atoms with Gasteiger partial charge in [0.1, 0.15) is 5.75 Å². The van der Waals surface area contributed by atoms with E-state index in [-0.39, 0.29) is 0 Å². The number of alkyl halides is 6. The van der Waals surface area contributed by atoms with Crippen molar-refractivity contribution >= 4 is 36.0 Å². The zero-order valence-corrected chi connectivity index (χ0v) is 13.1.